The Labute approximate surface area is 73.4 Å². The summed E-state index contributed by atoms with van der Waals surface area (Å²) in [7, 11) is 0. The second-order valence-electron chi connectivity index (χ2n) is 2.24. The van der Waals surface area contributed by atoms with E-state index in [1.54, 1.807) is 0 Å². The van der Waals surface area contributed by atoms with Crippen molar-refractivity contribution in [1.29, 1.82) is 0 Å². The SMILES string of the molecule is OCC#Cc1c(F)cc(O)cc1F. The van der Waals surface area contributed by atoms with E-state index in [4.69, 9.17) is 10.2 Å². The van der Waals surface area contributed by atoms with Crippen LogP contribution < -0.4 is 0 Å². The van der Waals surface area contributed by atoms with E-state index in [1.807, 2.05) is 0 Å². The highest BCUT2D eigenvalue weighted by Gasteiger charge is 2.07. The Morgan fingerprint density at radius 1 is 1.23 bits per heavy atom. The fraction of sp³-hybridized carbons (Fsp3) is 0.111. The van der Waals surface area contributed by atoms with Gasteiger partial charge >= 0.3 is 0 Å². The van der Waals surface area contributed by atoms with Crippen molar-refractivity contribution in [2.75, 3.05) is 6.61 Å². The van der Waals surface area contributed by atoms with Gasteiger partial charge < -0.3 is 10.2 Å². The Morgan fingerprint density at radius 2 is 1.77 bits per heavy atom. The summed E-state index contributed by atoms with van der Waals surface area (Å²) < 4.78 is 25.7. The second kappa shape index (κ2) is 3.87. The van der Waals surface area contributed by atoms with Crippen molar-refractivity contribution in [3.05, 3.63) is 29.3 Å². The molecule has 2 N–H and O–H groups in total. The number of rotatable bonds is 0. The van der Waals surface area contributed by atoms with E-state index in [2.05, 4.69) is 11.8 Å². The highest BCUT2D eigenvalue weighted by Crippen LogP contribution is 2.18. The van der Waals surface area contributed by atoms with E-state index in [0.717, 1.165) is 12.1 Å². The topological polar surface area (TPSA) is 40.5 Å². The third-order valence-electron chi connectivity index (χ3n) is 1.32. The van der Waals surface area contributed by atoms with Crippen LogP contribution in [0.2, 0.25) is 0 Å². The Bertz CT molecular complexity index is 354. The van der Waals surface area contributed by atoms with E-state index < -0.39 is 29.6 Å². The van der Waals surface area contributed by atoms with Crippen LogP contribution in [0.4, 0.5) is 8.78 Å². The van der Waals surface area contributed by atoms with Crippen LogP contribution in [0.15, 0.2) is 12.1 Å². The molecule has 4 heteroatoms. The minimum atomic E-state index is -0.946. The summed E-state index contributed by atoms with van der Waals surface area (Å²) >= 11 is 0. The number of phenolic OH excluding ortho intramolecular Hbond substituents is 1. The fourth-order valence-corrected chi connectivity index (χ4v) is 0.807. The number of aromatic hydroxyl groups is 1. The molecule has 0 aliphatic carbocycles. The number of aliphatic hydroxyl groups is 1. The minimum Gasteiger partial charge on any atom is -0.508 e. The smallest absolute Gasteiger partial charge is 0.145 e. The first-order chi connectivity index (χ1) is 6.15. The molecule has 0 saturated heterocycles. The first kappa shape index (κ1) is 9.49. The van der Waals surface area contributed by atoms with Gasteiger partial charge in [-0.3, -0.25) is 0 Å². The Kier molecular flexibility index (Phi) is 2.83. The van der Waals surface area contributed by atoms with Crippen LogP contribution in [0.3, 0.4) is 0 Å². The van der Waals surface area contributed by atoms with Crippen molar-refractivity contribution in [2.45, 2.75) is 0 Å². The fourth-order valence-electron chi connectivity index (χ4n) is 0.807. The first-order valence-corrected chi connectivity index (χ1v) is 3.43. The maximum atomic E-state index is 12.9. The van der Waals surface area contributed by atoms with Crippen LogP contribution in [-0.4, -0.2) is 16.8 Å². The van der Waals surface area contributed by atoms with Gasteiger partial charge in [-0.25, -0.2) is 8.78 Å². The number of hydrogen-bond acceptors (Lipinski definition) is 2. The van der Waals surface area contributed by atoms with E-state index in [-0.39, 0.29) is 0 Å². The molecule has 68 valence electrons. The normalized spacial score (nSPS) is 9.15. The molecule has 0 radical (unpaired) electrons. The van der Waals surface area contributed by atoms with Gasteiger partial charge in [0, 0.05) is 12.1 Å². The minimum absolute atomic E-state index is 0.452. The Balaban J connectivity index is 3.21. The highest BCUT2D eigenvalue weighted by atomic mass is 19.1. The molecular weight excluding hydrogens is 178 g/mol. The van der Waals surface area contributed by atoms with Gasteiger partial charge in [-0.15, -0.1) is 0 Å². The van der Waals surface area contributed by atoms with Gasteiger partial charge in [0.2, 0.25) is 0 Å². The summed E-state index contributed by atoms with van der Waals surface area (Å²) in [5.74, 6) is 1.82. The van der Waals surface area contributed by atoms with E-state index >= 15 is 0 Å². The second-order valence-corrected chi connectivity index (χ2v) is 2.24. The lowest BCUT2D eigenvalue weighted by atomic mass is 10.2. The molecule has 0 fully saturated rings. The summed E-state index contributed by atoms with van der Waals surface area (Å²) in [5, 5.41) is 17.1. The van der Waals surface area contributed by atoms with Crippen molar-refractivity contribution in [1.82, 2.24) is 0 Å². The summed E-state index contributed by atoms with van der Waals surface area (Å²) in [6.45, 7) is -0.472. The zero-order valence-electron chi connectivity index (χ0n) is 6.51. The van der Waals surface area contributed by atoms with Gasteiger partial charge in [-0.05, 0) is 0 Å². The number of halogens is 2. The standard InChI is InChI=1S/C9H6F2O2/c10-8-4-6(13)5-9(11)7(8)2-1-3-12/h4-5,12-13H,3H2. The average Bonchev–Trinajstić information content (AvgIpc) is 2.02. The van der Waals surface area contributed by atoms with E-state index in [1.165, 1.54) is 0 Å². The molecule has 0 atom stereocenters. The maximum Gasteiger partial charge on any atom is 0.145 e. The third kappa shape index (κ3) is 2.17. The van der Waals surface area contributed by atoms with E-state index in [9.17, 15) is 8.78 Å². The molecule has 13 heavy (non-hydrogen) atoms. The highest BCUT2D eigenvalue weighted by molar-refractivity contribution is 5.40. The Morgan fingerprint density at radius 3 is 2.23 bits per heavy atom. The lowest BCUT2D eigenvalue weighted by Gasteiger charge is -1.97. The van der Waals surface area contributed by atoms with Gasteiger partial charge in [-0.2, -0.15) is 0 Å². The predicted molar refractivity (Wildman–Crippen MR) is 42.0 cm³/mol. The van der Waals surface area contributed by atoms with Crippen LogP contribution in [0, 0.1) is 23.5 Å². The number of benzene rings is 1. The lowest BCUT2D eigenvalue weighted by Crippen LogP contribution is -1.90. The molecule has 2 nitrogen and oxygen atoms in total. The Hall–Kier alpha value is -1.60. The van der Waals surface area contributed by atoms with Gasteiger partial charge in [0.15, 0.2) is 0 Å². The van der Waals surface area contributed by atoms with Gasteiger partial charge in [-0.1, -0.05) is 11.8 Å². The number of hydrogen-bond donors (Lipinski definition) is 2. The molecule has 0 aliphatic rings. The number of phenols is 1. The van der Waals surface area contributed by atoms with Crippen LogP contribution in [-0.2, 0) is 0 Å². The van der Waals surface area contributed by atoms with Crippen LogP contribution >= 0.6 is 0 Å². The summed E-state index contributed by atoms with van der Waals surface area (Å²) in [5.41, 5.74) is -0.452. The van der Waals surface area contributed by atoms with Crippen molar-refractivity contribution >= 4 is 0 Å². The van der Waals surface area contributed by atoms with Crippen LogP contribution in [0.25, 0.3) is 0 Å². The number of aliphatic hydroxyl groups excluding tert-OH is 1. The zero-order chi connectivity index (χ0) is 9.84. The van der Waals surface area contributed by atoms with E-state index in [0.29, 0.717) is 0 Å². The molecule has 0 heterocycles. The third-order valence-corrected chi connectivity index (χ3v) is 1.32. The van der Waals surface area contributed by atoms with Crippen LogP contribution in [0.5, 0.6) is 5.75 Å². The molecule has 1 rings (SSSR count). The van der Waals surface area contributed by atoms with Crippen LogP contribution in [0.1, 0.15) is 5.56 Å². The molecule has 0 aromatic heterocycles. The summed E-state index contributed by atoms with van der Waals surface area (Å²) in [6.07, 6.45) is 0. The molecule has 0 saturated carbocycles. The van der Waals surface area contributed by atoms with Gasteiger partial charge in [0.05, 0.1) is 5.56 Å². The summed E-state index contributed by atoms with van der Waals surface area (Å²) in [4.78, 5) is 0. The van der Waals surface area contributed by atoms with Crippen molar-refractivity contribution in [3.8, 4) is 17.6 Å². The maximum absolute atomic E-state index is 12.9. The largest absolute Gasteiger partial charge is 0.508 e. The zero-order valence-corrected chi connectivity index (χ0v) is 6.51. The molecule has 0 amide bonds. The predicted octanol–water partition coefficient (Wildman–Crippen LogP) is 1.01. The average molecular weight is 184 g/mol. The molecule has 0 bridgehead atoms. The van der Waals surface area contributed by atoms with Crippen molar-refractivity contribution < 1.29 is 19.0 Å². The summed E-state index contributed by atoms with van der Waals surface area (Å²) in [6, 6.07) is 1.51. The molecule has 1 aromatic rings. The van der Waals surface area contributed by atoms with Crippen molar-refractivity contribution in [3.63, 3.8) is 0 Å². The molecule has 1 aromatic carbocycles. The van der Waals surface area contributed by atoms with Gasteiger partial charge in [0.1, 0.15) is 24.0 Å². The monoisotopic (exact) mass is 184 g/mol. The lowest BCUT2D eigenvalue weighted by molar-refractivity contribution is 0.350. The van der Waals surface area contributed by atoms with Crippen molar-refractivity contribution in [2.24, 2.45) is 0 Å². The quantitative estimate of drug-likeness (QED) is 0.591. The molecule has 0 spiro atoms. The molecule has 0 unspecified atom stereocenters. The molecule has 0 aliphatic heterocycles. The van der Waals surface area contributed by atoms with Gasteiger partial charge in [0.25, 0.3) is 0 Å². The first-order valence-electron chi connectivity index (χ1n) is 3.43. The molecular formula is C9H6F2O2.